The molecule has 0 aromatic rings. The zero-order valence-electron chi connectivity index (χ0n) is 11.7. The molecule has 0 unspecified atom stereocenters. The van der Waals surface area contributed by atoms with E-state index in [1.807, 2.05) is 18.7 Å². The minimum absolute atomic E-state index is 0.0473. The summed E-state index contributed by atoms with van der Waals surface area (Å²) in [6.45, 7) is 5.67. The first-order valence-corrected chi connectivity index (χ1v) is 6.72. The predicted octanol–water partition coefficient (Wildman–Crippen LogP) is 1.34. The zero-order chi connectivity index (χ0) is 13.6. The Morgan fingerprint density at radius 1 is 1.11 bits per heavy atom. The standard InChI is InChI=1S/C13H25N3O2/c1-13(2,11(17)14-3)10-15-12(18)16-8-6-4-5-7-9-16/h4-10H2,1-3H3,(H,14,17)(H,15,18). The van der Waals surface area contributed by atoms with E-state index in [1.54, 1.807) is 7.05 Å². The minimum atomic E-state index is -0.573. The molecule has 0 aromatic heterocycles. The van der Waals surface area contributed by atoms with Crippen molar-refractivity contribution in [3.8, 4) is 0 Å². The van der Waals surface area contributed by atoms with Crippen LogP contribution in [0.15, 0.2) is 0 Å². The molecule has 3 amide bonds. The molecule has 1 aliphatic heterocycles. The molecule has 0 spiro atoms. The molecule has 1 rings (SSSR count). The van der Waals surface area contributed by atoms with E-state index in [0.29, 0.717) is 6.54 Å². The van der Waals surface area contributed by atoms with Crippen molar-refractivity contribution < 1.29 is 9.59 Å². The number of likely N-dealkylation sites (tertiary alicyclic amines) is 1. The van der Waals surface area contributed by atoms with Gasteiger partial charge in [-0.05, 0) is 26.7 Å². The van der Waals surface area contributed by atoms with Crippen LogP contribution in [0.1, 0.15) is 39.5 Å². The van der Waals surface area contributed by atoms with Crippen molar-refractivity contribution in [1.82, 2.24) is 15.5 Å². The van der Waals surface area contributed by atoms with Crippen molar-refractivity contribution in [3.05, 3.63) is 0 Å². The normalized spacial score (nSPS) is 16.9. The Hall–Kier alpha value is -1.26. The fourth-order valence-electron chi connectivity index (χ4n) is 2.10. The maximum absolute atomic E-state index is 12.0. The van der Waals surface area contributed by atoms with Gasteiger partial charge in [0.15, 0.2) is 0 Å². The van der Waals surface area contributed by atoms with Gasteiger partial charge in [-0.3, -0.25) is 4.79 Å². The molecule has 0 aromatic carbocycles. The Bertz CT molecular complexity index is 295. The summed E-state index contributed by atoms with van der Waals surface area (Å²) in [5.74, 6) is -0.0568. The number of urea groups is 1. The van der Waals surface area contributed by atoms with Gasteiger partial charge in [-0.25, -0.2) is 4.79 Å². The molecule has 18 heavy (non-hydrogen) atoms. The van der Waals surface area contributed by atoms with Crippen molar-refractivity contribution >= 4 is 11.9 Å². The van der Waals surface area contributed by atoms with Gasteiger partial charge in [0.25, 0.3) is 0 Å². The van der Waals surface area contributed by atoms with Crippen molar-refractivity contribution in [2.75, 3.05) is 26.7 Å². The number of nitrogens with zero attached hydrogens (tertiary/aromatic N) is 1. The molecule has 0 radical (unpaired) electrons. The Morgan fingerprint density at radius 2 is 1.67 bits per heavy atom. The van der Waals surface area contributed by atoms with Gasteiger partial charge in [0.2, 0.25) is 5.91 Å². The fraction of sp³-hybridized carbons (Fsp3) is 0.846. The lowest BCUT2D eigenvalue weighted by Crippen LogP contribution is -2.48. The van der Waals surface area contributed by atoms with E-state index >= 15 is 0 Å². The maximum atomic E-state index is 12.0. The first kappa shape index (κ1) is 14.8. The topological polar surface area (TPSA) is 61.4 Å². The molecular formula is C13H25N3O2. The number of carbonyl (C=O) groups excluding carboxylic acids is 2. The first-order valence-electron chi connectivity index (χ1n) is 6.72. The van der Waals surface area contributed by atoms with Crippen LogP contribution in [0.5, 0.6) is 0 Å². The van der Waals surface area contributed by atoms with Crippen LogP contribution in [-0.4, -0.2) is 43.5 Å². The van der Waals surface area contributed by atoms with Gasteiger partial charge in [-0.1, -0.05) is 12.8 Å². The molecule has 1 fully saturated rings. The summed E-state index contributed by atoms with van der Waals surface area (Å²) < 4.78 is 0. The van der Waals surface area contributed by atoms with Crippen LogP contribution >= 0.6 is 0 Å². The summed E-state index contributed by atoms with van der Waals surface area (Å²) in [6.07, 6.45) is 4.56. The van der Waals surface area contributed by atoms with E-state index in [1.165, 1.54) is 12.8 Å². The second kappa shape index (κ2) is 6.61. The molecule has 104 valence electrons. The van der Waals surface area contributed by atoms with Crippen molar-refractivity contribution in [2.45, 2.75) is 39.5 Å². The highest BCUT2D eigenvalue weighted by Crippen LogP contribution is 2.14. The smallest absolute Gasteiger partial charge is 0.317 e. The van der Waals surface area contributed by atoms with Crippen LogP contribution < -0.4 is 10.6 Å². The van der Waals surface area contributed by atoms with Gasteiger partial charge in [0, 0.05) is 26.7 Å². The summed E-state index contributed by atoms with van der Waals surface area (Å²) in [5.41, 5.74) is -0.573. The summed E-state index contributed by atoms with van der Waals surface area (Å²) >= 11 is 0. The van der Waals surface area contributed by atoms with E-state index in [-0.39, 0.29) is 11.9 Å². The fourth-order valence-corrected chi connectivity index (χ4v) is 2.10. The second-order valence-electron chi connectivity index (χ2n) is 5.52. The summed E-state index contributed by atoms with van der Waals surface area (Å²) in [6, 6.07) is -0.0473. The van der Waals surface area contributed by atoms with E-state index in [2.05, 4.69) is 10.6 Å². The molecule has 1 saturated heterocycles. The molecule has 5 heteroatoms. The van der Waals surface area contributed by atoms with E-state index in [0.717, 1.165) is 25.9 Å². The van der Waals surface area contributed by atoms with Crippen molar-refractivity contribution in [1.29, 1.82) is 0 Å². The molecule has 2 N–H and O–H groups in total. The number of carbonyl (C=O) groups is 2. The molecule has 0 saturated carbocycles. The maximum Gasteiger partial charge on any atom is 0.317 e. The van der Waals surface area contributed by atoms with Crippen molar-refractivity contribution in [3.63, 3.8) is 0 Å². The lowest BCUT2D eigenvalue weighted by molar-refractivity contribution is -0.128. The van der Waals surface area contributed by atoms with Crippen LogP contribution in [0.2, 0.25) is 0 Å². The third-order valence-corrected chi connectivity index (χ3v) is 3.42. The molecule has 0 bridgehead atoms. The SMILES string of the molecule is CNC(=O)C(C)(C)CNC(=O)N1CCCCCC1. The van der Waals surface area contributed by atoms with Gasteiger partial charge in [-0.2, -0.15) is 0 Å². The van der Waals surface area contributed by atoms with Crippen molar-refractivity contribution in [2.24, 2.45) is 5.41 Å². The minimum Gasteiger partial charge on any atom is -0.359 e. The molecule has 1 aliphatic rings. The third-order valence-electron chi connectivity index (χ3n) is 3.42. The van der Waals surface area contributed by atoms with Crippen LogP contribution in [0.4, 0.5) is 4.79 Å². The highest BCUT2D eigenvalue weighted by atomic mass is 16.2. The van der Waals surface area contributed by atoms with E-state index in [9.17, 15) is 9.59 Å². The first-order chi connectivity index (χ1) is 8.47. The lowest BCUT2D eigenvalue weighted by atomic mass is 9.92. The second-order valence-corrected chi connectivity index (χ2v) is 5.52. The summed E-state index contributed by atoms with van der Waals surface area (Å²) in [4.78, 5) is 25.4. The summed E-state index contributed by atoms with van der Waals surface area (Å²) in [5, 5.41) is 5.48. The van der Waals surface area contributed by atoms with Gasteiger partial charge in [-0.15, -0.1) is 0 Å². The quantitative estimate of drug-likeness (QED) is 0.799. The van der Waals surface area contributed by atoms with E-state index in [4.69, 9.17) is 0 Å². The number of hydrogen-bond donors (Lipinski definition) is 2. The zero-order valence-corrected chi connectivity index (χ0v) is 11.7. The largest absolute Gasteiger partial charge is 0.359 e. The van der Waals surface area contributed by atoms with Gasteiger partial charge in [0.05, 0.1) is 5.41 Å². The average Bonchev–Trinajstić information content (AvgIpc) is 2.63. The Labute approximate surface area is 109 Å². The Kier molecular flexibility index (Phi) is 5.44. The molecule has 0 aliphatic carbocycles. The lowest BCUT2D eigenvalue weighted by Gasteiger charge is -2.26. The van der Waals surface area contributed by atoms with Gasteiger partial charge >= 0.3 is 6.03 Å². The highest BCUT2D eigenvalue weighted by molar-refractivity contribution is 5.83. The number of amides is 3. The highest BCUT2D eigenvalue weighted by Gasteiger charge is 2.28. The van der Waals surface area contributed by atoms with Crippen LogP contribution in [0, 0.1) is 5.41 Å². The van der Waals surface area contributed by atoms with Crippen LogP contribution in [0.25, 0.3) is 0 Å². The summed E-state index contributed by atoms with van der Waals surface area (Å²) in [7, 11) is 1.61. The Morgan fingerprint density at radius 3 is 2.17 bits per heavy atom. The Balaban J connectivity index is 2.42. The molecule has 0 atom stereocenters. The van der Waals surface area contributed by atoms with E-state index < -0.39 is 5.41 Å². The third kappa shape index (κ3) is 4.20. The average molecular weight is 255 g/mol. The monoisotopic (exact) mass is 255 g/mol. The number of rotatable bonds is 3. The molecule has 5 nitrogen and oxygen atoms in total. The predicted molar refractivity (Wildman–Crippen MR) is 71.3 cm³/mol. The molecular weight excluding hydrogens is 230 g/mol. The number of nitrogens with one attached hydrogen (secondary N) is 2. The van der Waals surface area contributed by atoms with Crippen LogP contribution in [0.3, 0.4) is 0 Å². The van der Waals surface area contributed by atoms with Crippen LogP contribution in [-0.2, 0) is 4.79 Å². The number of hydrogen-bond acceptors (Lipinski definition) is 2. The molecule has 1 heterocycles. The van der Waals surface area contributed by atoms with Gasteiger partial charge < -0.3 is 15.5 Å². The van der Waals surface area contributed by atoms with Gasteiger partial charge in [0.1, 0.15) is 0 Å².